The molecule has 0 saturated carbocycles. The highest BCUT2D eigenvalue weighted by atomic mass is 16.7. The van der Waals surface area contributed by atoms with Crippen molar-refractivity contribution in [3.05, 3.63) is 34.9 Å². The number of fused-ring (bicyclic) bond motifs is 2. The third kappa shape index (κ3) is 2.14. The van der Waals surface area contributed by atoms with E-state index in [0.29, 0.717) is 30.6 Å². The summed E-state index contributed by atoms with van der Waals surface area (Å²) in [5.41, 5.74) is 1.57. The second kappa shape index (κ2) is 4.99. The highest BCUT2D eigenvalue weighted by molar-refractivity contribution is 5.79. The van der Waals surface area contributed by atoms with Gasteiger partial charge in [0.15, 0.2) is 6.10 Å². The average molecular weight is 316 g/mol. The smallest absolute Gasteiger partial charge is 0.312 e. The van der Waals surface area contributed by atoms with Gasteiger partial charge in [-0.25, -0.2) is 0 Å². The van der Waals surface area contributed by atoms with Crippen LogP contribution in [0.4, 0.5) is 0 Å². The summed E-state index contributed by atoms with van der Waals surface area (Å²) in [5, 5.41) is 20.7. The number of rotatable bonds is 0. The van der Waals surface area contributed by atoms with Crippen molar-refractivity contribution in [2.24, 2.45) is 5.92 Å². The van der Waals surface area contributed by atoms with E-state index in [2.05, 4.69) is 6.08 Å². The molecule has 2 aliphatic heterocycles. The van der Waals surface area contributed by atoms with Gasteiger partial charge in [0, 0.05) is 11.1 Å². The van der Waals surface area contributed by atoms with E-state index in [-0.39, 0.29) is 23.4 Å². The Morgan fingerprint density at radius 1 is 1.26 bits per heavy atom. The molecule has 1 aromatic carbocycles. The molecule has 0 aromatic heterocycles. The third-order valence-electron chi connectivity index (χ3n) is 5.25. The van der Waals surface area contributed by atoms with Crippen LogP contribution in [0, 0.1) is 5.92 Å². The number of esters is 1. The fourth-order valence-corrected chi connectivity index (χ4v) is 3.92. The molecule has 5 heteroatoms. The van der Waals surface area contributed by atoms with Crippen LogP contribution >= 0.6 is 0 Å². The van der Waals surface area contributed by atoms with Gasteiger partial charge >= 0.3 is 5.97 Å². The Morgan fingerprint density at radius 2 is 2.00 bits per heavy atom. The Balaban J connectivity index is 1.90. The third-order valence-corrected chi connectivity index (χ3v) is 5.25. The van der Waals surface area contributed by atoms with Crippen LogP contribution in [0.25, 0.3) is 0 Å². The molecule has 2 saturated heterocycles. The van der Waals surface area contributed by atoms with Crippen LogP contribution in [0.3, 0.4) is 0 Å². The molecule has 3 aliphatic rings. The molecule has 122 valence electrons. The number of phenols is 2. The van der Waals surface area contributed by atoms with Crippen LogP contribution in [0.1, 0.15) is 43.4 Å². The van der Waals surface area contributed by atoms with Crippen LogP contribution in [0.5, 0.6) is 11.5 Å². The van der Waals surface area contributed by atoms with Gasteiger partial charge in [-0.3, -0.25) is 4.79 Å². The second-order valence-electron chi connectivity index (χ2n) is 6.77. The molecule has 23 heavy (non-hydrogen) atoms. The fourth-order valence-electron chi connectivity index (χ4n) is 3.92. The molecule has 1 spiro atoms. The van der Waals surface area contributed by atoms with Crippen molar-refractivity contribution in [3.8, 4) is 11.5 Å². The lowest BCUT2D eigenvalue weighted by molar-refractivity contribution is -0.144. The van der Waals surface area contributed by atoms with E-state index in [1.807, 2.05) is 6.92 Å². The first-order valence-corrected chi connectivity index (χ1v) is 8.07. The molecule has 1 aliphatic carbocycles. The van der Waals surface area contributed by atoms with Crippen molar-refractivity contribution < 1.29 is 24.5 Å². The Morgan fingerprint density at radius 3 is 2.74 bits per heavy atom. The van der Waals surface area contributed by atoms with E-state index in [1.54, 1.807) is 0 Å². The Kier molecular flexibility index (Phi) is 3.17. The Labute approximate surface area is 134 Å². The van der Waals surface area contributed by atoms with E-state index in [4.69, 9.17) is 9.47 Å². The van der Waals surface area contributed by atoms with Crippen molar-refractivity contribution >= 4 is 5.97 Å². The molecule has 4 rings (SSSR count). The van der Waals surface area contributed by atoms with E-state index in [0.717, 1.165) is 18.4 Å². The van der Waals surface area contributed by atoms with E-state index in [9.17, 15) is 15.0 Å². The number of ether oxygens (including phenoxy) is 2. The summed E-state index contributed by atoms with van der Waals surface area (Å²) in [5.74, 6) is -0.408. The zero-order valence-corrected chi connectivity index (χ0v) is 13.0. The average Bonchev–Trinajstić information content (AvgIpc) is 3.24. The second-order valence-corrected chi connectivity index (χ2v) is 6.77. The summed E-state index contributed by atoms with van der Waals surface area (Å²) in [6.07, 6.45) is 4.50. The number of carbonyl (C=O) groups is 1. The predicted molar refractivity (Wildman–Crippen MR) is 82.1 cm³/mol. The summed E-state index contributed by atoms with van der Waals surface area (Å²) in [7, 11) is 0. The summed E-state index contributed by atoms with van der Waals surface area (Å²) < 4.78 is 11.3. The van der Waals surface area contributed by atoms with Gasteiger partial charge in [-0.05, 0) is 44.7 Å². The number of aromatic hydroxyl groups is 2. The minimum Gasteiger partial charge on any atom is -0.508 e. The lowest BCUT2D eigenvalue weighted by atomic mass is 9.82. The molecule has 5 nitrogen and oxygen atoms in total. The molecule has 3 atom stereocenters. The van der Waals surface area contributed by atoms with Crippen LogP contribution in [0.2, 0.25) is 0 Å². The lowest BCUT2D eigenvalue weighted by Gasteiger charge is -2.21. The van der Waals surface area contributed by atoms with Gasteiger partial charge in [-0.15, -0.1) is 0 Å². The van der Waals surface area contributed by atoms with Crippen LogP contribution in [0.15, 0.2) is 23.8 Å². The van der Waals surface area contributed by atoms with Crippen molar-refractivity contribution in [3.63, 3.8) is 0 Å². The highest BCUT2D eigenvalue weighted by Gasteiger charge is 2.67. The predicted octanol–water partition coefficient (Wildman–Crippen LogP) is 2.75. The standard InChI is InChI=1S/C18H20O5/c1-10-4-2-3-5-12-17(21)23-16(18(12)9-22-18)15-11(8-10)13(19)6-7-14(15)20/h4,6-7,12,16,19-20H,2-3,5,8-9H2,1H3. The molecule has 2 N–H and O–H groups in total. The minimum absolute atomic E-state index is 0.0400. The van der Waals surface area contributed by atoms with E-state index >= 15 is 0 Å². The van der Waals surface area contributed by atoms with E-state index in [1.165, 1.54) is 12.1 Å². The fraction of sp³-hybridized carbons (Fsp3) is 0.500. The number of epoxide rings is 1. The maximum absolute atomic E-state index is 12.3. The Hall–Kier alpha value is -2.01. The maximum atomic E-state index is 12.3. The van der Waals surface area contributed by atoms with E-state index < -0.39 is 11.7 Å². The summed E-state index contributed by atoms with van der Waals surface area (Å²) >= 11 is 0. The van der Waals surface area contributed by atoms with Crippen molar-refractivity contribution in [1.82, 2.24) is 0 Å². The van der Waals surface area contributed by atoms with Crippen LogP contribution < -0.4 is 0 Å². The SMILES string of the molecule is CC1=CCCCC2C(=O)OC(c3c(O)ccc(O)c3C1)C21CO1. The number of hydrogen-bond donors (Lipinski definition) is 2. The van der Waals surface area contributed by atoms with Gasteiger partial charge in [0.25, 0.3) is 0 Å². The summed E-state index contributed by atoms with van der Waals surface area (Å²) in [4.78, 5) is 12.3. The van der Waals surface area contributed by atoms with Crippen LogP contribution in [-0.2, 0) is 20.7 Å². The zero-order valence-electron chi connectivity index (χ0n) is 13.0. The molecular weight excluding hydrogens is 296 g/mol. The number of hydrogen-bond acceptors (Lipinski definition) is 5. The number of benzene rings is 1. The topological polar surface area (TPSA) is 79.3 Å². The number of allylic oxidation sites excluding steroid dienone is 2. The molecule has 2 fully saturated rings. The first kappa shape index (κ1) is 14.6. The molecule has 2 heterocycles. The van der Waals surface area contributed by atoms with Crippen LogP contribution in [-0.4, -0.2) is 28.4 Å². The molecule has 1 aromatic rings. The van der Waals surface area contributed by atoms with Crippen molar-refractivity contribution in [1.29, 1.82) is 0 Å². The zero-order chi connectivity index (χ0) is 16.2. The van der Waals surface area contributed by atoms with Gasteiger partial charge in [0.1, 0.15) is 17.1 Å². The van der Waals surface area contributed by atoms with Gasteiger partial charge in [0.2, 0.25) is 0 Å². The normalized spacial score (nSPS) is 32.7. The van der Waals surface area contributed by atoms with Gasteiger partial charge in [-0.2, -0.15) is 0 Å². The van der Waals surface area contributed by atoms with Gasteiger partial charge < -0.3 is 19.7 Å². The monoisotopic (exact) mass is 316 g/mol. The van der Waals surface area contributed by atoms with Gasteiger partial charge in [-0.1, -0.05) is 11.6 Å². The summed E-state index contributed by atoms with van der Waals surface area (Å²) in [6.45, 7) is 2.47. The molecule has 0 radical (unpaired) electrons. The first-order valence-electron chi connectivity index (χ1n) is 8.07. The quantitative estimate of drug-likeness (QED) is 0.333. The molecular formula is C18H20O5. The first-order chi connectivity index (χ1) is 11.0. The molecule has 0 amide bonds. The molecule has 2 bridgehead atoms. The van der Waals surface area contributed by atoms with Crippen molar-refractivity contribution in [2.75, 3.05) is 6.61 Å². The van der Waals surface area contributed by atoms with Crippen molar-refractivity contribution in [2.45, 2.75) is 44.3 Å². The minimum atomic E-state index is -0.671. The maximum Gasteiger partial charge on any atom is 0.312 e. The summed E-state index contributed by atoms with van der Waals surface area (Å²) in [6, 6.07) is 2.93. The number of carbonyl (C=O) groups excluding carboxylic acids is 1. The highest BCUT2D eigenvalue weighted by Crippen LogP contribution is 2.57. The molecule has 3 unspecified atom stereocenters. The largest absolute Gasteiger partial charge is 0.508 e. The van der Waals surface area contributed by atoms with Gasteiger partial charge in [0.05, 0.1) is 12.5 Å². The number of phenolic OH excluding ortho intramolecular Hbond substituents is 2. The Bertz CT molecular complexity index is 702. The lowest BCUT2D eigenvalue weighted by Crippen LogP contribution is -2.27.